The van der Waals surface area contributed by atoms with Crippen LogP contribution in [0.5, 0.6) is 0 Å². The number of aliphatic hydroxyl groups is 1. The molecule has 2 atom stereocenters. The smallest absolute Gasteiger partial charge is 0.416 e. The lowest BCUT2D eigenvalue weighted by atomic mass is 9.85. The molecule has 2 N–H and O–H groups in total. The Morgan fingerprint density at radius 2 is 1.80 bits per heavy atom. The quantitative estimate of drug-likeness (QED) is 0.453. The van der Waals surface area contributed by atoms with Gasteiger partial charge in [-0.15, -0.1) is 0 Å². The largest absolute Gasteiger partial charge is 0.480 e. The van der Waals surface area contributed by atoms with Crippen LogP contribution < -0.4 is 0 Å². The lowest BCUT2D eigenvalue weighted by molar-refractivity contribution is -0.140. The van der Waals surface area contributed by atoms with Gasteiger partial charge in [-0.05, 0) is 43.3 Å². The summed E-state index contributed by atoms with van der Waals surface area (Å²) < 4.78 is 40.1. The van der Waals surface area contributed by atoms with Crippen molar-refractivity contribution >= 4 is 35.1 Å². The molecule has 1 heterocycles. The Hall–Kier alpha value is -3.15. The molecule has 8 nitrogen and oxygen atoms in total. The summed E-state index contributed by atoms with van der Waals surface area (Å²) >= 11 is 12.3. The molecule has 0 radical (unpaired) electrons. The van der Waals surface area contributed by atoms with E-state index in [1.807, 2.05) is 0 Å². The molecule has 35 heavy (non-hydrogen) atoms. The van der Waals surface area contributed by atoms with Crippen LogP contribution in [0.3, 0.4) is 0 Å². The van der Waals surface area contributed by atoms with Crippen molar-refractivity contribution in [3.63, 3.8) is 0 Å². The van der Waals surface area contributed by atoms with Gasteiger partial charge in [-0.3, -0.25) is 9.59 Å². The monoisotopic (exact) mass is 530 g/mol. The maximum absolute atomic E-state index is 13.3. The summed E-state index contributed by atoms with van der Waals surface area (Å²) in [6, 6.07) is 6.33. The topological polar surface area (TPSA) is 109 Å². The number of carbonyl (C=O) groups is 2. The number of aromatic nitrogens is 3. The lowest BCUT2D eigenvalue weighted by Gasteiger charge is -2.41. The molecule has 0 saturated carbocycles. The van der Waals surface area contributed by atoms with E-state index in [9.17, 15) is 33.0 Å². The summed E-state index contributed by atoms with van der Waals surface area (Å²) in [6.45, 7) is 0.255. The maximum Gasteiger partial charge on any atom is 0.416 e. The Morgan fingerprint density at radius 3 is 2.31 bits per heavy atom. The molecule has 13 heteroatoms. The minimum Gasteiger partial charge on any atom is -0.480 e. The number of benzene rings is 2. The van der Waals surface area contributed by atoms with Gasteiger partial charge in [0, 0.05) is 21.2 Å². The van der Waals surface area contributed by atoms with E-state index in [4.69, 9.17) is 23.2 Å². The van der Waals surface area contributed by atoms with Crippen LogP contribution in [0.1, 0.15) is 28.4 Å². The zero-order valence-corrected chi connectivity index (χ0v) is 19.6. The number of alkyl halides is 3. The average Bonchev–Trinajstić information content (AvgIpc) is 3.28. The Kier molecular flexibility index (Phi) is 7.73. The van der Waals surface area contributed by atoms with Crippen LogP contribution in [0.4, 0.5) is 13.2 Å². The highest BCUT2D eigenvalue weighted by atomic mass is 35.5. The SMILES string of the molecule is C[C@H](N(CC(=O)O)C(=O)c1ccc(C(F)(F)F)cc1)[C@@](O)(Cn1cncn1)c1ccc(Cl)cc1Cl. The van der Waals surface area contributed by atoms with Gasteiger partial charge in [-0.1, -0.05) is 29.3 Å². The highest BCUT2D eigenvalue weighted by Crippen LogP contribution is 2.37. The van der Waals surface area contributed by atoms with E-state index >= 15 is 0 Å². The minimum absolute atomic E-state index is 0.0456. The number of hydrogen-bond acceptors (Lipinski definition) is 5. The van der Waals surface area contributed by atoms with Crippen molar-refractivity contribution in [2.24, 2.45) is 0 Å². The van der Waals surface area contributed by atoms with E-state index in [-0.39, 0.29) is 27.7 Å². The molecule has 1 aromatic heterocycles. The Bertz CT molecular complexity index is 1210. The fourth-order valence-electron chi connectivity index (χ4n) is 3.60. The number of halogens is 5. The van der Waals surface area contributed by atoms with E-state index in [0.29, 0.717) is 12.1 Å². The number of carboxylic acids is 1. The van der Waals surface area contributed by atoms with Crippen molar-refractivity contribution < 1.29 is 33.0 Å². The van der Waals surface area contributed by atoms with Gasteiger partial charge >= 0.3 is 12.1 Å². The molecule has 0 aliphatic carbocycles. The molecular weight excluding hydrogens is 512 g/mol. The fraction of sp³-hybridized carbons (Fsp3) is 0.273. The van der Waals surface area contributed by atoms with Crippen molar-refractivity contribution in [3.8, 4) is 0 Å². The van der Waals surface area contributed by atoms with Gasteiger partial charge in [0.05, 0.1) is 18.2 Å². The van der Waals surface area contributed by atoms with Crippen LogP contribution in [0.15, 0.2) is 55.1 Å². The predicted molar refractivity (Wildman–Crippen MR) is 120 cm³/mol. The molecule has 0 aliphatic rings. The number of aliphatic carboxylic acids is 1. The highest BCUT2D eigenvalue weighted by Gasteiger charge is 2.44. The average molecular weight is 531 g/mol. The normalized spacial score (nSPS) is 14.3. The third-order valence-electron chi connectivity index (χ3n) is 5.45. The first-order valence-corrected chi connectivity index (χ1v) is 10.8. The Morgan fingerprint density at radius 1 is 1.14 bits per heavy atom. The first kappa shape index (κ1) is 26.5. The first-order valence-electron chi connectivity index (χ1n) is 10.0. The summed E-state index contributed by atoms with van der Waals surface area (Å²) in [5.74, 6) is -2.31. The highest BCUT2D eigenvalue weighted by molar-refractivity contribution is 6.35. The predicted octanol–water partition coefficient (Wildman–Crippen LogP) is 4.11. The van der Waals surface area contributed by atoms with Crippen LogP contribution in [0, 0.1) is 0 Å². The van der Waals surface area contributed by atoms with Crippen molar-refractivity contribution in [1.82, 2.24) is 19.7 Å². The zero-order chi connectivity index (χ0) is 26.0. The minimum atomic E-state index is -4.61. The second kappa shape index (κ2) is 10.2. The summed E-state index contributed by atoms with van der Waals surface area (Å²) in [5.41, 5.74) is -3.05. The number of amides is 1. The van der Waals surface area contributed by atoms with E-state index < -0.39 is 41.8 Å². The molecule has 2 aromatic carbocycles. The number of hydrogen-bond donors (Lipinski definition) is 2. The molecular formula is C22H19Cl2F3N4O4. The number of carboxylic acid groups (broad SMARTS) is 1. The van der Waals surface area contributed by atoms with Crippen LogP contribution in [0.2, 0.25) is 10.0 Å². The van der Waals surface area contributed by atoms with Gasteiger partial charge in [0.25, 0.3) is 5.91 Å². The fourth-order valence-corrected chi connectivity index (χ4v) is 4.17. The summed E-state index contributed by atoms with van der Waals surface area (Å²) in [7, 11) is 0. The van der Waals surface area contributed by atoms with Crippen molar-refractivity contribution in [3.05, 3.63) is 81.9 Å². The van der Waals surface area contributed by atoms with Crippen molar-refractivity contribution in [2.75, 3.05) is 6.54 Å². The molecule has 0 bridgehead atoms. The van der Waals surface area contributed by atoms with Crippen LogP contribution >= 0.6 is 23.2 Å². The second-order valence-electron chi connectivity index (χ2n) is 7.72. The summed E-state index contributed by atoms with van der Waals surface area (Å²) in [4.78, 5) is 29.6. The van der Waals surface area contributed by atoms with Gasteiger partial charge in [-0.2, -0.15) is 18.3 Å². The third-order valence-corrected chi connectivity index (χ3v) is 6.00. The molecule has 186 valence electrons. The van der Waals surface area contributed by atoms with E-state index in [1.165, 1.54) is 42.5 Å². The van der Waals surface area contributed by atoms with Gasteiger partial charge in [-0.25, -0.2) is 9.67 Å². The first-order chi connectivity index (χ1) is 16.3. The molecule has 3 aromatic rings. The molecule has 0 unspecified atom stereocenters. The van der Waals surface area contributed by atoms with E-state index in [1.54, 1.807) is 0 Å². The van der Waals surface area contributed by atoms with Gasteiger partial charge < -0.3 is 15.1 Å². The summed E-state index contributed by atoms with van der Waals surface area (Å²) in [5, 5.41) is 25.6. The van der Waals surface area contributed by atoms with Crippen molar-refractivity contribution in [2.45, 2.75) is 31.3 Å². The van der Waals surface area contributed by atoms with E-state index in [0.717, 1.165) is 17.0 Å². The van der Waals surface area contributed by atoms with Gasteiger partial charge in [0.2, 0.25) is 0 Å². The zero-order valence-electron chi connectivity index (χ0n) is 18.1. The molecule has 0 spiro atoms. The van der Waals surface area contributed by atoms with Crippen molar-refractivity contribution in [1.29, 1.82) is 0 Å². The van der Waals surface area contributed by atoms with Crippen LogP contribution in [0.25, 0.3) is 0 Å². The van der Waals surface area contributed by atoms with E-state index in [2.05, 4.69) is 10.1 Å². The lowest BCUT2D eigenvalue weighted by Crippen LogP contribution is -2.55. The van der Waals surface area contributed by atoms with Crippen LogP contribution in [-0.4, -0.2) is 54.3 Å². The Balaban J connectivity index is 2.07. The van der Waals surface area contributed by atoms with Crippen LogP contribution in [-0.2, 0) is 23.1 Å². The second-order valence-corrected chi connectivity index (χ2v) is 8.56. The third kappa shape index (κ3) is 5.92. The molecule has 0 aliphatic heterocycles. The number of carbonyl (C=O) groups excluding carboxylic acids is 1. The number of nitrogens with zero attached hydrogens (tertiary/aromatic N) is 4. The molecule has 3 rings (SSSR count). The molecule has 1 amide bonds. The molecule has 0 fully saturated rings. The maximum atomic E-state index is 13.3. The molecule has 0 saturated heterocycles. The standard InChI is InChI=1S/C22H19Cl2F3N4O4/c1-13(21(35,10-30-12-28-11-29-30)17-7-6-16(23)8-18(17)24)31(9-19(32)33)20(34)14-2-4-15(5-3-14)22(25,26)27/h2-8,11-13,35H,9-10H2,1H3,(H,32,33)/t13-,21-/m0/s1. The Labute approximate surface area is 207 Å². The summed E-state index contributed by atoms with van der Waals surface area (Å²) in [6.07, 6.45) is -2.09. The van der Waals surface area contributed by atoms with Gasteiger partial charge in [0.1, 0.15) is 24.8 Å². The van der Waals surface area contributed by atoms with Gasteiger partial charge in [0.15, 0.2) is 0 Å². The number of rotatable bonds is 8.